The van der Waals surface area contributed by atoms with Crippen molar-refractivity contribution in [2.45, 2.75) is 25.8 Å². The summed E-state index contributed by atoms with van der Waals surface area (Å²) in [6.07, 6.45) is 2.70. The summed E-state index contributed by atoms with van der Waals surface area (Å²) < 4.78 is 6.77. The van der Waals surface area contributed by atoms with Gasteiger partial charge in [-0.15, -0.1) is 5.10 Å². The van der Waals surface area contributed by atoms with Gasteiger partial charge in [-0.05, 0) is 29.8 Å². The van der Waals surface area contributed by atoms with Gasteiger partial charge in [-0.3, -0.25) is 0 Å². The van der Waals surface area contributed by atoms with Crippen LogP contribution in [0.15, 0.2) is 0 Å². The summed E-state index contributed by atoms with van der Waals surface area (Å²) in [7, 11) is 1.69. The highest BCUT2D eigenvalue weighted by Gasteiger charge is 2.04. The first-order valence-corrected chi connectivity index (χ1v) is 4.82. The van der Waals surface area contributed by atoms with Crippen LogP contribution in [0.5, 0.6) is 0 Å². The third-order valence-electron chi connectivity index (χ3n) is 1.93. The van der Waals surface area contributed by atoms with E-state index in [1.165, 1.54) is 0 Å². The SMILES string of the molecule is COCCCc1nnnn1CCCN. The number of rotatable bonds is 7. The Morgan fingerprint density at radius 2 is 2.29 bits per heavy atom. The number of nitrogens with zero attached hydrogens (tertiary/aromatic N) is 4. The van der Waals surface area contributed by atoms with Crippen molar-refractivity contribution in [3.63, 3.8) is 0 Å². The van der Waals surface area contributed by atoms with Gasteiger partial charge >= 0.3 is 0 Å². The topological polar surface area (TPSA) is 78.9 Å². The maximum Gasteiger partial charge on any atom is 0.151 e. The van der Waals surface area contributed by atoms with Crippen molar-refractivity contribution in [1.82, 2.24) is 20.2 Å². The quantitative estimate of drug-likeness (QED) is 0.604. The molecule has 80 valence electrons. The summed E-state index contributed by atoms with van der Waals surface area (Å²) in [6.45, 7) is 2.20. The van der Waals surface area contributed by atoms with E-state index in [2.05, 4.69) is 15.5 Å². The fourth-order valence-electron chi connectivity index (χ4n) is 1.19. The van der Waals surface area contributed by atoms with Crippen LogP contribution in [0.25, 0.3) is 0 Å². The van der Waals surface area contributed by atoms with Gasteiger partial charge in [-0.25, -0.2) is 4.68 Å². The highest BCUT2D eigenvalue weighted by molar-refractivity contribution is 4.80. The summed E-state index contributed by atoms with van der Waals surface area (Å²) in [5.41, 5.74) is 5.41. The van der Waals surface area contributed by atoms with Crippen molar-refractivity contribution in [2.24, 2.45) is 5.73 Å². The van der Waals surface area contributed by atoms with Crippen LogP contribution in [0.3, 0.4) is 0 Å². The summed E-state index contributed by atoms with van der Waals surface area (Å²) in [5, 5.41) is 11.5. The number of methoxy groups -OCH3 is 1. The Kier molecular flexibility index (Phi) is 5.09. The van der Waals surface area contributed by atoms with Gasteiger partial charge in [0, 0.05) is 26.7 Å². The summed E-state index contributed by atoms with van der Waals surface area (Å²) in [4.78, 5) is 0. The first kappa shape index (κ1) is 11.1. The van der Waals surface area contributed by atoms with Gasteiger partial charge in [0.15, 0.2) is 5.82 Å². The maximum atomic E-state index is 5.41. The molecule has 1 rings (SSSR count). The molecule has 1 aromatic heterocycles. The van der Waals surface area contributed by atoms with Crippen molar-refractivity contribution >= 4 is 0 Å². The molecule has 1 heterocycles. The first-order chi connectivity index (χ1) is 6.88. The summed E-state index contributed by atoms with van der Waals surface area (Å²) in [5.74, 6) is 0.913. The lowest BCUT2D eigenvalue weighted by Crippen LogP contribution is -2.10. The minimum absolute atomic E-state index is 0.664. The van der Waals surface area contributed by atoms with Crippen molar-refractivity contribution < 1.29 is 4.74 Å². The Morgan fingerprint density at radius 1 is 1.43 bits per heavy atom. The smallest absolute Gasteiger partial charge is 0.151 e. The molecule has 0 aliphatic carbocycles. The molecule has 0 amide bonds. The van der Waals surface area contributed by atoms with Gasteiger partial charge in [0.05, 0.1) is 0 Å². The van der Waals surface area contributed by atoms with Gasteiger partial charge in [0.2, 0.25) is 0 Å². The van der Waals surface area contributed by atoms with Crippen LogP contribution >= 0.6 is 0 Å². The third-order valence-corrected chi connectivity index (χ3v) is 1.93. The lowest BCUT2D eigenvalue weighted by atomic mass is 10.3. The normalized spacial score (nSPS) is 10.7. The second kappa shape index (κ2) is 6.44. The van der Waals surface area contributed by atoms with Crippen LogP contribution in [0.4, 0.5) is 0 Å². The van der Waals surface area contributed by atoms with Gasteiger partial charge in [0.1, 0.15) is 0 Å². The molecule has 14 heavy (non-hydrogen) atoms. The predicted octanol–water partition coefficient (Wildman–Crippen LogP) is -0.399. The minimum atomic E-state index is 0.664. The lowest BCUT2D eigenvalue weighted by Gasteiger charge is -2.02. The summed E-state index contributed by atoms with van der Waals surface area (Å²) >= 11 is 0. The average Bonchev–Trinajstić information content (AvgIpc) is 2.63. The van der Waals surface area contributed by atoms with Crippen molar-refractivity contribution in [2.75, 3.05) is 20.3 Å². The largest absolute Gasteiger partial charge is 0.385 e. The highest BCUT2D eigenvalue weighted by atomic mass is 16.5. The van der Waals surface area contributed by atoms with Gasteiger partial charge in [-0.1, -0.05) is 0 Å². The monoisotopic (exact) mass is 199 g/mol. The van der Waals surface area contributed by atoms with Crippen LogP contribution in [-0.2, 0) is 17.7 Å². The molecular formula is C8H17N5O. The van der Waals surface area contributed by atoms with E-state index in [0.29, 0.717) is 6.54 Å². The Balaban J connectivity index is 2.37. The fraction of sp³-hybridized carbons (Fsp3) is 0.875. The van der Waals surface area contributed by atoms with Gasteiger partial charge in [-0.2, -0.15) is 0 Å². The second-order valence-electron chi connectivity index (χ2n) is 3.06. The average molecular weight is 199 g/mol. The maximum absolute atomic E-state index is 5.41. The van der Waals surface area contributed by atoms with Crippen LogP contribution < -0.4 is 5.73 Å². The Labute approximate surface area is 83.4 Å². The fourth-order valence-corrected chi connectivity index (χ4v) is 1.19. The molecule has 0 fully saturated rings. The van der Waals surface area contributed by atoms with E-state index < -0.39 is 0 Å². The zero-order chi connectivity index (χ0) is 10.2. The second-order valence-corrected chi connectivity index (χ2v) is 3.06. The molecule has 0 atom stereocenters. The lowest BCUT2D eigenvalue weighted by molar-refractivity contribution is 0.194. The molecule has 0 aliphatic heterocycles. The molecule has 2 N–H and O–H groups in total. The number of aryl methyl sites for hydroxylation is 2. The number of hydrogen-bond donors (Lipinski definition) is 1. The third kappa shape index (κ3) is 3.39. The van der Waals surface area contributed by atoms with Crippen LogP contribution in [0, 0.1) is 0 Å². The molecular weight excluding hydrogens is 182 g/mol. The first-order valence-electron chi connectivity index (χ1n) is 4.82. The van der Waals surface area contributed by atoms with E-state index in [-0.39, 0.29) is 0 Å². The minimum Gasteiger partial charge on any atom is -0.385 e. The molecule has 0 bridgehead atoms. The molecule has 0 aliphatic rings. The molecule has 1 aromatic rings. The van der Waals surface area contributed by atoms with Crippen LogP contribution in [0.1, 0.15) is 18.7 Å². The zero-order valence-electron chi connectivity index (χ0n) is 8.52. The van der Waals surface area contributed by atoms with Crippen LogP contribution in [-0.4, -0.2) is 40.5 Å². The van der Waals surface area contributed by atoms with E-state index in [4.69, 9.17) is 10.5 Å². The zero-order valence-corrected chi connectivity index (χ0v) is 8.52. The van der Waals surface area contributed by atoms with E-state index in [9.17, 15) is 0 Å². The molecule has 6 heteroatoms. The number of ether oxygens (including phenoxy) is 1. The van der Waals surface area contributed by atoms with Crippen molar-refractivity contribution in [3.05, 3.63) is 5.82 Å². The Bertz CT molecular complexity index is 250. The summed E-state index contributed by atoms with van der Waals surface area (Å²) in [6, 6.07) is 0. The van der Waals surface area contributed by atoms with E-state index >= 15 is 0 Å². The van der Waals surface area contributed by atoms with Crippen molar-refractivity contribution in [3.8, 4) is 0 Å². The Morgan fingerprint density at radius 3 is 3.00 bits per heavy atom. The molecule has 0 radical (unpaired) electrons. The molecule has 0 saturated heterocycles. The van der Waals surface area contributed by atoms with E-state index in [1.807, 2.05) is 4.68 Å². The van der Waals surface area contributed by atoms with E-state index in [0.717, 1.165) is 38.2 Å². The van der Waals surface area contributed by atoms with E-state index in [1.54, 1.807) is 7.11 Å². The van der Waals surface area contributed by atoms with Gasteiger partial charge in [0.25, 0.3) is 0 Å². The molecule has 0 spiro atoms. The van der Waals surface area contributed by atoms with Crippen LogP contribution in [0.2, 0.25) is 0 Å². The molecule has 0 unspecified atom stereocenters. The Hall–Kier alpha value is -1.01. The molecule has 0 saturated carbocycles. The predicted molar refractivity (Wildman–Crippen MR) is 51.7 cm³/mol. The standard InChI is InChI=1S/C8H17N5O/c1-14-7-2-4-8-10-11-12-13(8)6-3-5-9/h2-7,9H2,1H3. The number of aromatic nitrogens is 4. The van der Waals surface area contributed by atoms with Crippen molar-refractivity contribution in [1.29, 1.82) is 0 Å². The molecule has 6 nitrogen and oxygen atoms in total. The van der Waals surface area contributed by atoms with Gasteiger partial charge < -0.3 is 10.5 Å². The highest BCUT2D eigenvalue weighted by Crippen LogP contribution is 1.98. The number of tetrazole rings is 1. The number of nitrogens with two attached hydrogens (primary N) is 1. The number of hydrogen-bond acceptors (Lipinski definition) is 5. The molecule has 0 aromatic carbocycles.